The Kier molecular flexibility index (Phi) is 7.35. The molecule has 1 aliphatic rings. The third kappa shape index (κ3) is 5.12. The van der Waals surface area contributed by atoms with Crippen molar-refractivity contribution in [1.82, 2.24) is 5.32 Å². The van der Waals surface area contributed by atoms with Gasteiger partial charge in [0.05, 0.1) is 6.10 Å². The first-order valence-electron chi connectivity index (χ1n) is 6.36. The quantitative estimate of drug-likeness (QED) is 0.812. The van der Waals surface area contributed by atoms with E-state index in [4.69, 9.17) is 15.9 Å². The molecule has 1 aromatic carbocycles. The van der Waals surface area contributed by atoms with Crippen molar-refractivity contribution < 1.29 is 9.47 Å². The van der Waals surface area contributed by atoms with E-state index in [1.54, 1.807) is 0 Å². The Balaban J connectivity index is 0.00000180. The summed E-state index contributed by atoms with van der Waals surface area (Å²) in [5.41, 5.74) is 1.13. The van der Waals surface area contributed by atoms with Gasteiger partial charge in [-0.25, -0.2) is 0 Å². The van der Waals surface area contributed by atoms with Crippen LogP contribution >= 0.6 is 12.4 Å². The number of ether oxygens (including phenoxy) is 2. The van der Waals surface area contributed by atoms with Gasteiger partial charge in [0.2, 0.25) is 0 Å². The van der Waals surface area contributed by atoms with Crippen LogP contribution in [-0.4, -0.2) is 25.9 Å². The van der Waals surface area contributed by atoms with Crippen molar-refractivity contribution in [2.45, 2.75) is 25.5 Å². The first kappa shape index (κ1) is 15.8. The summed E-state index contributed by atoms with van der Waals surface area (Å²) in [5.74, 6) is 3.34. The Morgan fingerprint density at radius 2 is 2.26 bits per heavy atom. The van der Waals surface area contributed by atoms with E-state index in [0.29, 0.717) is 12.7 Å². The van der Waals surface area contributed by atoms with Crippen LogP contribution in [0, 0.1) is 12.3 Å². The number of hydrogen-bond donors (Lipinski definition) is 1. The molecule has 1 N–H and O–H groups in total. The van der Waals surface area contributed by atoms with E-state index in [0.717, 1.165) is 37.4 Å². The molecule has 0 aliphatic carbocycles. The lowest BCUT2D eigenvalue weighted by Crippen LogP contribution is -2.26. The molecular formula is C15H20ClNO2. The highest BCUT2D eigenvalue weighted by molar-refractivity contribution is 5.85. The monoisotopic (exact) mass is 281 g/mol. The Labute approximate surface area is 121 Å². The second-order valence-corrected chi connectivity index (χ2v) is 4.37. The molecule has 1 aromatic rings. The molecular weight excluding hydrogens is 262 g/mol. The van der Waals surface area contributed by atoms with Gasteiger partial charge in [0.25, 0.3) is 0 Å². The molecule has 104 valence electrons. The predicted octanol–water partition coefficient (Wildman–Crippen LogP) is 2.39. The van der Waals surface area contributed by atoms with Gasteiger partial charge in [-0.15, -0.1) is 18.8 Å². The molecule has 1 atom stereocenters. The van der Waals surface area contributed by atoms with E-state index >= 15 is 0 Å². The van der Waals surface area contributed by atoms with Crippen molar-refractivity contribution in [1.29, 1.82) is 0 Å². The van der Waals surface area contributed by atoms with Gasteiger partial charge in [0.1, 0.15) is 12.4 Å². The van der Waals surface area contributed by atoms with Crippen LogP contribution in [0.25, 0.3) is 0 Å². The molecule has 1 unspecified atom stereocenters. The van der Waals surface area contributed by atoms with Crippen molar-refractivity contribution in [2.75, 3.05) is 19.8 Å². The minimum atomic E-state index is 0. The zero-order valence-electron chi connectivity index (χ0n) is 10.9. The van der Waals surface area contributed by atoms with Gasteiger partial charge in [0.15, 0.2) is 0 Å². The molecule has 0 aromatic heterocycles. The van der Waals surface area contributed by atoms with E-state index < -0.39 is 0 Å². The van der Waals surface area contributed by atoms with Gasteiger partial charge in [-0.2, -0.15) is 0 Å². The van der Waals surface area contributed by atoms with Crippen molar-refractivity contribution in [2.24, 2.45) is 0 Å². The van der Waals surface area contributed by atoms with Crippen LogP contribution in [-0.2, 0) is 11.3 Å². The average molecular weight is 282 g/mol. The van der Waals surface area contributed by atoms with E-state index in [2.05, 4.69) is 11.2 Å². The lowest BCUT2D eigenvalue weighted by atomic mass is 10.2. The highest BCUT2D eigenvalue weighted by Gasteiger charge is 2.14. The average Bonchev–Trinajstić information content (AvgIpc) is 2.91. The van der Waals surface area contributed by atoms with Crippen LogP contribution < -0.4 is 10.1 Å². The molecule has 4 heteroatoms. The molecule has 19 heavy (non-hydrogen) atoms. The Morgan fingerprint density at radius 3 is 3.00 bits per heavy atom. The fourth-order valence-corrected chi connectivity index (χ4v) is 2.08. The number of terminal acetylenes is 1. The topological polar surface area (TPSA) is 30.5 Å². The minimum Gasteiger partial charge on any atom is -0.481 e. The number of rotatable bonds is 6. The first-order valence-corrected chi connectivity index (χ1v) is 6.36. The number of halogens is 1. The number of nitrogens with one attached hydrogen (secondary N) is 1. The molecule has 0 bridgehead atoms. The Morgan fingerprint density at radius 1 is 1.42 bits per heavy atom. The second kappa shape index (κ2) is 8.82. The highest BCUT2D eigenvalue weighted by atomic mass is 35.5. The summed E-state index contributed by atoms with van der Waals surface area (Å²) in [4.78, 5) is 0. The number of benzene rings is 1. The number of para-hydroxylation sites is 1. The normalized spacial score (nSPS) is 17.5. The first-order chi connectivity index (χ1) is 8.90. The van der Waals surface area contributed by atoms with Gasteiger partial charge in [-0.05, 0) is 18.9 Å². The summed E-state index contributed by atoms with van der Waals surface area (Å²) in [7, 11) is 0. The zero-order valence-corrected chi connectivity index (χ0v) is 11.7. The summed E-state index contributed by atoms with van der Waals surface area (Å²) in [6.45, 7) is 2.88. The molecule has 2 rings (SSSR count). The predicted molar refractivity (Wildman–Crippen MR) is 78.7 cm³/mol. The maximum atomic E-state index is 5.57. The summed E-state index contributed by atoms with van der Waals surface area (Å²) >= 11 is 0. The zero-order chi connectivity index (χ0) is 12.6. The maximum absolute atomic E-state index is 5.57. The molecule has 0 radical (unpaired) electrons. The van der Waals surface area contributed by atoms with E-state index in [9.17, 15) is 0 Å². The van der Waals surface area contributed by atoms with Crippen LogP contribution in [0.1, 0.15) is 18.4 Å². The van der Waals surface area contributed by atoms with Crippen LogP contribution in [0.2, 0.25) is 0 Å². The molecule has 0 saturated carbocycles. The third-order valence-corrected chi connectivity index (χ3v) is 3.00. The molecule has 3 nitrogen and oxygen atoms in total. The Bertz CT molecular complexity index is 411. The summed E-state index contributed by atoms with van der Waals surface area (Å²) in [5, 5.41) is 3.40. The maximum Gasteiger partial charge on any atom is 0.148 e. The van der Waals surface area contributed by atoms with Crippen molar-refractivity contribution >= 4 is 12.4 Å². The van der Waals surface area contributed by atoms with E-state index in [1.807, 2.05) is 24.3 Å². The van der Waals surface area contributed by atoms with Crippen molar-refractivity contribution in [3.63, 3.8) is 0 Å². The van der Waals surface area contributed by atoms with E-state index in [-0.39, 0.29) is 12.4 Å². The van der Waals surface area contributed by atoms with Crippen molar-refractivity contribution in [3.05, 3.63) is 29.8 Å². The fourth-order valence-electron chi connectivity index (χ4n) is 2.08. The van der Waals surface area contributed by atoms with Crippen molar-refractivity contribution in [3.8, 4) is 18.1 Å². The number of hydrogen-bond acceptors (Lipinski definition) is 3. The molecule has 0 spiro atoms. The van der Waals surface area contributed by atoms with Gasteiger partial charge < -0.3 is 14.8 Å². The lowest BCUT2D eigenvalue weighted by Gasteiger charge is -2.13. The molecule has 1 saturated heterocycles. The fraction of sp³-hybridized carbons (Fsp3) is 0.467. The lowest BCUT2D eigenvalue weighted by molar-refractivity contribution is 0.110. The van der Waals surface area contributed by atoms with Gasteiger partial charge in [-0.1, -0.05) is 24.1 Å². The second-order valence-electron chi connectivity index (χ2n) is 4.37. The molecule has 1 fully saturated rings. The largest absolute Gasteiger partial charge is 0.481 e. The van der Waals surface area contributed by atoms with E-state index in [1.165, 1.54) is 6.42 Å². The Hall–Kier alpha value is -1.21. The SMILES string of the molecule is C#CCOc1ccccc1CNCC1CCCO1.Cl. The summed E-state index contributed by atoms with van der Waals surface area (Å²) in [6.07, 6.45) is 7.90. The summed E-state index contributed by atoms with van der Waals surface area (Å²) in [6, 6.07) is 7.95. The third-order valence-electron chi connectivity index (χ3n) is 3.00. The minimum absolute atomic E-state index is 0. The molecule has 1 heterocycles. The molecule has 1 aliphatic heterocycles. The van der Waals surface area contributed by atoms with Crippen LogP contribution in [0.4, 0.5) is 0 Å². The molecule has 0 amide bonds. The highest BCUT2D eigenvalue weighted by Crippen LogP contribution is 2.18. The van der Waals surface area contributed by atoms with Crippen LogP contribution in [0.3, 0.4) is 0 Å². The van der Waals surface area contributed by atoms with Gasteiger partial charge >= 0.3 is 0 Å². The van der Waals surface area contributed by atoms with Crippen LogP contribution in [0.15, 0.2) is 24.3 Å². The van der Waals surface area contributed by atoms with Gasteiger partial charge in [-0.3, -0.25) is 0 Å². The van der Waals surface area contributed by atoms with Crippen LogP contribution in [0.5, 0.6) is 5.75 Å². The van der Waals surface area contributed by atoms with Gasteiger partial charge in [0, 0.05) is 25.3 Å². The standard InChI is InChI=1S/C15H19NO2.ClH/c1-2-9-18-15-8-4-3-6-13(15)11-16-12-14-7-5-10-17-14;/h1,3-4,6,8,14,16H,5,7,9-12H2;1H. The smallest absolute Gasteiger partial charge is 0.148 e. The summed E-state index contributed by atoms with van der Waals surface area (Å²) < 4.78 is 11.1.